The van der Waals surface area contributed by atoms with Crippen molar-refractivity contribution in [1.82, 2.24) is 9.13 Å². The maximum Gasteiger partial charge on any atom is 0.138 e. The average Bonchev–Trinajstić information content (AvgIpc) is 3.52. The fraction of sp³-hybridized carbons (Fsp3) is 0.350. The van der Waals surface area contributed by atoms with Gasteiger partial charge in [-0.1, -0.05) is 89.8 Å². The third-order valence-corrected chi connectivity index (χ3v) is 20.5. The molecule has 0 radical (unpaired) electrons. The van der Waals surface area contributed by atoms with Gasteiger partial charge in [0.25, 0.3) is 0 Å². The summed E-state index contributed by atoms with van der Waals surface area (Å²) < 4.78 is 4.80. The van der Waals surface area contributed by atoms with Gasteiger partial charge in [-0.15, -0.1) is 11.1 Å². The molecule has 44 heavy (non-hydrogen) atoms. The molecular formula is C40H46N2Si2. The van der Waals surface area contributed by atoms with Crippen molar-refractivity contribution in [1.29, 1.82) is 0 Å². The van der Waals surface area contributed by atoms with Crippen LogP contribution in [0.25, 0.3) is 54.4 Å². The quantitative estimate of drug-likeness (QED) is 0.131. The fourth-order valence-corrected chi connectivity index (χ4v) is 12.4. The summed E-state index contributed by atoms with van der Waals surface area (Å²) in [5, 5.41) is 7.66. The van der Waals surface area contributed by atoms with Crippen molar-refractivity contribution in [3.05, 3.63) is 71.8 Å². The normalized spacial score (nSPS) is 12.3. The Morgan fingerprint density at radius 1 is 0.500 bits per heavy atom. The number of nitrogens with zero attached hydrogens (tertiary/aromatic N) is 2. The third kappa shape index (κ3) is 4.54. The van der Waals surface area contributed by atoms with Gasteiger partial charge in [-0.25, -0.2) is 0 Å². The van der Waals surface area contributed by atoms with Crippen LogP contribution in [0.2, 0.25) is 36.3 Å². The number of fused-ring (bicyclic) bond motifs is 9. The predicted octanol–water partition coefficient (Wildman–Crippen LogP) is 10.9. The minimum absolute atomic E-state index is 1.15. The molecule has 0 fully saturated rings. The van der Waals surface area contributed by atoms with Crippen LogP contribution < -0.4 is 0 Å². The topological polar surface area (TPSA) is 9.86 Å². The van der Waals surface area contributed by atoms with Crippen LogP contribution in [0.15, 0.2) is 60.7 Å². The van der Waals surface area contributed by atoms with Gasteiger partial charge in [0.15, 0.2) is 0 Å². The highest BCUT2D eigenvalue weighted by atomic mass is 28.3. The van der Waals surface area contributed by atoms with Gasteiger partial charge in [0, 0.05) is 68.6 Å². The molecule has 2 nitrogen and oxygen atoms in total. The maximum absolute atomic E-state index is 3.97. The van der Waals surface area contributed by atoms with Crippen LogP contribution in [0.1, 0.15) is 52.7 Å². The Balaban J connectivity index is 1.91. The van der Waals surface area contributed by atoms with Crippen molar-refractivity contribution in [2.45, 2.75) is 77.8 Å². The van der Waals surface area contributed by atoms with E-state index in [1.165, 1.54) is 90.6 Å². The first-order valence-electron chi connectivity index (χ1n) is 16.7. The number of benzene rings is 4. The maximum atomic E-state index is 3.97. The van der Waals surface area contributed by atoms with Crippen molar-refractivity contribution in [2.24, 2.45) is 14.1 Å². The van der Waals surface area contributed by atoms with E-state index in [2.05, 4.69) is 148 Å². The molecule has 2 heterocycles. The van der Waals surface area contributed by atoms with Crippen molar-refractivity contribution >= 4 is 70.5 Å². The first-order chi connectivity index (χ1) is 21.3. The van der Waals surface area contributed by atoms with Crippen LogP contribution in [0.5, 0.6) is 0 Å². The van der Waals surface area contributed by atoms with E-state index in [9.17, 15) is 0 Å². The zero-order valence-corrected chi connectivity index (χ0v) is 29.9. The van der Waals surface area contributed by atoms with E-state index in [4.69, 9.17) is 0 Å². The number of hydrogen-bond donors (Lipinski definition) is 0. The van der Waals surface area contributed by atoms with E-state index in [-0.39, 0.29) is 0 Å². The molecule has 0 aliphatic carbocycles. The second-order valence-electron chi connectivity index (χ2n) is 12.7. The second kappa shape index (κ2) is 11.7. The molecular weight excluding hydrogens is 565 g/mol. The van der Waals surface area contributed by atoms with Gasteiger partial charge in [0.2, 0.25) is 0 Å². The number of para-hydroxylation sites is 2. The molecule has 0 spiro atoms. The largest absolute Gasteiger partial charge is 0.343 e. The Labute approximate surface area is 265 Å². The zero-order chi connectivity index (χ0) is 31.2. The lowest BCUT2D eigenvalue weighted by Crippen LogP contribution is -2.29. The molecule has 4 aromatic carbocycles. The molecule has 224 valence electrons. The third-order valence-electron chi connectivity index (χ3n) is 11.1. The fourth-order valence-electron chi connectivity index (χ4n) is 7.56. The van der Waals surface area contributed by atoms with Crippen molar-refractivity contribution in [3.8, 4) is 22.9 Å². The van der Waals surface area contributed by atoms with Gasteiger partial charge in [-0.2, -0.15) is 0 Å². The summed E-state index contributed by atoms with van der Waals surface area (Å²) in [6.45, 7) is 14.1. The molecule has 6 aromatic rings. The van der Waals surface area contributed by atoms with Gasteiger partial charge in [0.05, 0.1) is 11.0 Å². The molecule has 0 aliphatic heterocycles. The summed E-state index contributed by atoms with van der Waals surface area (Å²) in [4.78, 5) is 0. The number of aromatic nitrogens is 2. The lowest BCUT2D eigenvalue weighted by Gasteiger charge is -2.20. The Morgan fingerprint density at radius 3 is 1.18 bits per heavy atom. The molecule has 0 N–H and O–H groups in total. The summed E-state index contributed by atoms with van der Waals surface area (Å²) in [6, 6.07) is 29.7. The molecule has 4 heteroatoms. The highest BCUT2D eigenvalue weighted by molar-refractivity contribution is 6.87. The number of hydrogen-bond acceptors (Lipinski definition) is 0. The molecule has 0 amide bonds. The van der Waals surface area contributed by atoms with Crippen LogP contribution in [0, 0.1) is 22.9 Å². The van der Waals surface area contributed by atoms with Crippen LogP contribution in [0.3, 0.4) is 0 Å². The smallest absolute Gasteiger partial charge is 0.138 e. The van der Waals surface area contributed by atoms with Crippen molar-refractivity contribution < 1.29 is 0 Å². The van der Waals surface area contributed by atoms with E-state index in [1.807, 2.05) is 0 Å². The van der Waals surface area contributed by atoms with Crippen LogP contribution in [-0.2, 0) is 14.1 Å². The molecule has 6 rings (SSSR count). The summed E-state index contributed by atoms with van der Waals surface area (Å²) in [7, 11) is 1.09. The molecule has 0 atom stereocenters. The second-order valence-corrected chi connectivity index (χ2v) is 22.6. The standard InChI is InChI=1S/C40H46N2Si2/c1-9-43(10-2,11-3)25-23-29-27-33-31-19-15-17-21-35(31)42(8)40(33)38-30(24-26-44(12-4,13-5)14-6)28-34-32-20-16-18-22-36(32)41(7)39(34)37(29)38/h15-22,27-28H,9-14H2,1-8H3. The molecule has 0 saturated carbocycles. The summed E-state index contributed by atoms with van der Waals surface area (Å²) in [6.07, 6.45) is 0. The Bertz CT molecular complexity index is 2010. The van der Waals surface area contributed by atoms with Gasteiger partial charge in [0.1, 0.15) is 16.1 Å². The van der Waals surface area contributed by atoms with Crippen LogP contribution >= 0.6 is 0 Å². The van der Waals surface area contributed by atoms with Gasteiger partial charge >= 0.3 is 0 Å². The van der Waals surface area contributed by atoms with E-state index in [1.54, 1.807) is 0 Å². The number of rotatable bonds is 6. The van der Waals surface area contributed by atoms with E-state index >= 15 is 0 Å². The minimum Gasteiger partial charge on any atom is -0.343 e. The van der Waals surface area contributed by atoms with Crippen LogP contribution in [-0.4, -0.2) is 25.3 Å². The summed E-state index contributed by atoms with van der Waals surface area (Å²) in [5.74, 6) is 7.79. The highest BCUT2D eigenvalue weighted by Gasteiger charge is 2.27. The van der Waals surface area contributed by atoms with Crippen LogP contribution in [0.4, 0.5) is 0 Å². The summed E-state index contributed by atoms with van der Waals surface area (Å²) in [5.41, 5.74) is 15.3. The van der Waals surface area contributed by atoms with Gasteiger partial charge in [-0.3, -0.25) is 0 Å². The Hall–Kier alpha value is -3.71. The van der Waals surface area contributed by atoms with E-state index in [0.29, 0.717) is 0 Å². The lowest BCUT2D eigenvalue weighted by atomic mass is 9.94. The van der Waals surface area contributed by atoms with E-state index in [0.717, 1.165) is 11.1 Å². The van der Waals surface area contributed by atoms with Gasteiger partial charge < -0.3 is 9.13 Å². The molecule has 2 aromatic heterocycles. The lowest BCUT2D eigenvalue weighted by molar-refractivity contribution is 1.01. The first kappa shape index (κ1) is 30.3. The first-order valence-corrected chi connectivity index (χ1v) is 22.0. The Kier molecular flexibility index (Phi) is 8.04. The highest BCUT2D eigenvalue weighted by Crippen LogP contribution is 2.43. The SMILES string of the molecule is CC[Si](C#Cc1cc2c3ccccc3n(C)c2c2c(C#C[Si](CC)(CC)CC)cc3c4ccccc4n(C)c3c12)(CC)CC. The number of aryl methyl sites for hydroxylation is 2. The minimum atomic E-state index is -1.68. The molecule has 0 bridgehead atoms. The average molecular weight is 611 g/mol. The summed E-state index contributed by atoms with van der Waals surface area (Å²) >= 11 is 0. The molecule has 0 aliphatic rings. The van der Waals surface area contributed by atoms with Crippen molar-refractivity contribution in [2.75, 3.05) is 0 Å². The predicted molar refractivity (Wildman–Crippen MR) is 200 cm³/mol. The van der Waals surface area contributed by atoms with E-state index < -0.39 is 16.1 Å². The monoisotopic (exact) mass is 610 g/mol. The zero-order valence-electron chi connectivity index (χ0n) is 27.9. The molecule has 0 unspecified atom stereocenters. The molecule has 0 saturated heterocycles. The van der Waals surface area contributed by atoms with Crippen molar-refractivity contribution in [3.63, 3.8) is 0 Å². The van der Waals surface area contributed by atoms with Gasteiger partial charge in [-0.05, 0) is 60.5 Å². The Morgan fingerprint density at radius 2 is 0.841 bits per heavy atom.